The van der Waals surface area contributed by atoms with E-state index in [4.69, 9.17) is 9.47 Å². The molecule has 1 aliphatic rings. The van der Waals surface area contributed by atoms with Gasteiger partial charge >= 0.3 is 12.1 Å². The van der Waals surface area contributed by atoms with Gasteiger partial charge in [-0.15, -0.1) is 11.3 Å². The van der Waals surface area contributed by atoms with Gasteiger partial charge in [-0.2, -0.15) is 0 Å². The highest BCUT2D eigenvalue weighted by Crippen LogP contribution is 2.26. The minimum Gasteiger partial charge on any atom is -0.465 e. The number of hydrogen-bond donors (Lipinski definition) is 1. The Balaban J connectivity index is 1.99. The summed E-state index contributed by atoms with van der Waals surface area (Å²) in [4.78, 5) is 38.4. The minimum atomic E-state index is -0.571. The molecule has 1 unspecified atom stereocenters. The third-order valence-electron chi connectivity index (χ3n) is 3.74. The maximum Gasteiger partial charge on any atom is 0.410 e. The lowest BCUT2D eigenvalue weighted by Gasteiger charge is -2.33. The Hall–Kier alpha value is -2.09. The minimum absolute atomic E-state index is 0.211. The van der Waals surface area contributed by atoms with E-state index in [-0.39, 0.29) is 11.8 Å². The standard InChI is InChI=1S/C17H24N2O5S/c1-17(2,3)24-16(22)19-8-5-6-11(10-19)14(20)18-12-7-9-25-13(12)15(21)23-4/h7,9,11H,5-6,8,10H2,1-4H3,(H,18,20). The molecule has 1 N–H and O–H groups in total. The Morgan fingerprint density at radius 3 is 2.68 bits per heavy atom. The molecule has 138 valence electrons. The lowest BCUT2D eigenvalue weighted by atomic mass is 9.97. The fraction of sp³-hybridized carbons (Fsp3) is 0.588. The van der Waals surface area contributed by atoms with E-state index in [0.717, 1.165) is 6.42 Å². The lowest BCUT2D eigenvalue weighted by molar-refractivity contribution is -0.121. The molecule has 2 amide bonds. The molecule has 0 saturated carbocycles. The van der Waals surface area contributed by atoms with Crippen molar-refractivity contribution in [3.05, 3.63) is 16.3 Å². The van der Waals surface area contributed by atoms with Crippen LogP contribution in [0, 0.1) is 5.92 Å². The predicted octanol–water partition coefficient (Wildman–Crippen LogP) is 3.12. The van der Waals surface area contributed by atoms with E-state index >= 15 is 0 Å². The number of amides is 2. The van der Waals surface area contributed by atoms with Gasteiger partial charge in [0.25, 0.3) is 0 Å². The van der Waals surface area contributed by atoms with Crippen LogP contribution in [-0.4, -0.2) is 48.7 Å². The molecule has 1 saturated heterocycles. The molecule has 2 rings (SSSR count). The SMILES string of the molecule is COC(=O)c1sccc1NC(=O)C1CCCN(C(=O)OC(C)(C)C)C1. The van der Waals surface area contributed by atoms with Gasteiger partial charge in [0.15, 0.2) is 0 Å². The van der Waals surface area contributed by atoms with Crippen molar-refractivity contribution >= 4 is 35.0 Å². The third-order valence-corrected chi connectivity index (χ3v) is 4.63. The first kappa shape index (κ1) is 19.2. The molecule has 0 aliphatic carbocycles. The molecule has 0 aromatic carbocycles. The van der Waals surface area contributed by atoms with Crippen molar-refractivity contribution in [1.29, 1.82) is 0 Å². The zero-order chi connectivity index (χ0) is 18.6. The maximum absolute atomic E-state index is 12.5. The molecule has 1 fully saturated rings. The first-order valence-corrected chi connectivity index (χ1v) is 9.04. The van der Waals surface area contributed by atoms with Crippen LogP contribution in [0.2, 0.25) is 0 Å². The number of piperidine rings is 1. The number of carbonyl (C=O) groups is 3. The smallest absolute Gasteiger partial charge is 0.410 e. The van der Waals surface area contributed by atoms with Gasteiger partial charge < -0.3 is 19.7 Å². The summed E-state index contributed by atoms with van der Waals surface area (Å²) in [5.74, 6) is -1.03. The van der Waals surface area contributed by atoms with Crippen molar-refractivity contribution in [1.82, 2.24) is 4.90 Å². The summed E-state index contributed by atoms with van der Waals surface area (Å²) in [7, 11) is 1.30. The number of carbonyl (C=O) groups excluding carboxylic acids is 3. The summed E-state index contributed by atoms with van der Waals surface area (Å²) in [6.45, 7) is 6.31. The molecular weight excluding hydrogens is 344 g/mol. The van der Waals surface area contributed by atoms with Crippen molar-refractivity contribution < 1.29 is 23.9 Å². The zero-order valence-electron chi connectivity index (χ0n) is 15.0. The Morgan fingerprint density at radius 2 is 2.04 bits per heavy atom. The first-order valence-electron chi connectivity index (χ1n) is 8.16. The van der Waals surface area contributed by atoms with Gasteiger partial charge in [-0.05, 0) is 45.1 Å². The number of esters is 1. The van der Waals surface area contributed by atoms with Gasteiger partial charge in [-0.1, -0.05) is 0 Å². The van der Waals surface area contributed by atoms with Crippen LogP contribution in [0.5, 0.6) is 0 Å². The first-order chi connectivity index (χ1) is 11.7. The van der Waals surface area contributed by atoms with Crippen molar-refractivity contribution in [2.24, 2.45) is 5.92 Å². The van der Waals surface area contributed by atoms with Crippen LogP contribution in [0.15, 0.2) is 11.4 Å². The van der Waals surface area contributed by atoms with Gasteiger partial charge in [0, 0.05) is 13.1 Å². The molecule has 7 nitrogen and oxygen atoms in total. The number of hydrogen-bond acceptors (Lipinski definition) is 6. The van der Waals surface area contributed by atoms with E-state index in [1.807, 2.05) is 20.8 Å². The quantitative estimate of drug-likeness (QED) is 0.829. The largest absolute Gasteiger partial charge is 0.465 e. The third kappa shape index (κ3) is 5.19. The molecule has 1 aromatic heterocycles. The molecule has 0 radical (unpaired) electrons. The highest BCUT2D eigenvalue weighted by atomic mass is 32.1. The van der Waals surface area contributed by atoms with E-state index in [1.165, 1.54) is 18.4 Å². The normalized spacial score (nSPS) is 17.8. The lowest BCUT2D eigenvalue weighted by Crippen LogP contribution is -2.45. The number of thiophene rings is 1. The second-order valence-corrected chi connectivity index (χ2v) is 7.83. The Bertz CT molecular complexity index is 650. The molecule has 2 heterocycles. The van der Waals surface area contributed by atoms with Gasteiger partial charge in [-0.3, -0.25) is 4.79 Å². The molecule has 0 spiro atoms. The van der Waals surface area contributed by atoms with E-state index in [9.17, 15) is 14.4 Å². The fourth-order valence-electron chi connectivity index (χ4n) is 2.58. The van der Waals surface area contributed by atoms with Crippen molar-refractivity contribution in [3.8, 4) is 0 Å². The van der Waals surface area contributed by atoms with Gasteiger partial charge in [0.05, 0.1) is 18.7 Å². The molecule has 0 bridgehead atoms. The number of nitrogens with one attached hydrogen (secondary N) is 1. The summed E-state index contributed by atoms with van der Waals surface area (Å²) in [5, 5.41) is 4.49. The zero-order valence-corrected chi connectivity index (χ0v) is 15.8. The fourth-order valence-corrected chi connectivity index (χ4v) is 3.34. The Kier molecular flexibility index (Phi) is 6.05. The van der Waals surface area contributed by atoms with Crippen LogP contribution in [0.25, 0.3) is 0 Å². The monoisotopic (exact) mass is 368 g/mol. The molecular formula is C17H24N2O5S. The van der Waals surface area contributed by atoms with E-state index in [0.29, 0.717) is 30.1 Å². The maximum atomic E-state index is 12.5. The molecule has 8 heteroatoms. The van der Waals surface area contributed by atoms with Crippen LogP contribution in [0.1, 0.15) is 43.3 Å². The van der Waals surface area contributed by atoms with E-state index in [2.05, 4.69) is 5.32 Å². The summed E-state index contributed by atoms with van der Waals surface area (Å²) in [6, 6.07) is 1.67. The van der Waals surface area contributed by atoms with Gasteiger partial charge in [0.1, 0.15) is 10.5 Å². The number of likely N-dealkylation sites (tertiary alicyclic amines) is 1. The average Bonchev–Trinajstić information content (AvgIpc) is 3.00. The number of nitrogens with zero attached hydrogens (tertiary/aromatic N) is 1. The van der Waals surface area contributed by atoms with Crippen LogP contribution >= 0.6 is 11.3 Å². The van der Waals surface area contributed by atoms with Crippen molar-refractivity contribution in [3.63, 3.8) is 0 Å². The van der Waals surface area contributed by atoms with Crippen LogP contribution in [0.4, 0.5) is 10.5 Å². The summed E-state index contributed by atoms with van der Waals surface area (Å²) >= 11 is 1.21. The van der Waals surface area contributed by atoms with Gasteiger partial charge in [0.2, 0.25) is 5.91 Å². The van der Waals surface area contributed by atoms with Crippen LogP contribution in [0.3, 0.4) is 0 Å². The molecule has 1 aromatic rings. The predicted molar refractivity (Wildman–Crippen MR) is 94.8 cm³/mol. The van der Waals surface area contributed by atoms with Crippen molar-refractivity contribution in [2.45, 2.75) is 39.2 Å². The van der Waals surface area contributed by atoms with Gasteiger partial charge in [-0.25, -0.2) is 9.59 Å². The highest BCUT2D eigenvalue weighted by molar-refractivity contribution is 7.12. The van der Waals surface area contributed by atoms with E-state index in [1.54, 1.807) is 16.3 Å². The second-order valence-electron chi connectivity index (χ2n) is 6.91. The number of rotatable bonds is 3. The second kappa shape index (κ2) is 7.86. The average molecular weight is 368 g/mol. The summed E-state index contributed by atoms with van der Waals surface area (Å²) in [6.07, 6.45) is 1.00. The number of anilines is 1. The van der Waals surface area contributed by atoms with Crippen molar-refractivity contribution in [2.75, 3.05) is 25.5 Å². The Morgan fingerprint density at radius 1 is 1.32 bits per heavy atom. The molecule has 25 heavy (non-hydrogen) atoms. The summed E-state index contributed by atoms with van der Waals surface area (Å²) in [5.41, 5.74) is -0.130. The highest BCUT2D eigenvalue weighted by Gasteiger charge is 2.31. The van der Waals surface area contributed by atoms with Crippen LogP contribution < -0.4 is 5.32 Å². The Labute approximate surface area is 151 Å². The number of ether oxygens (including phenoxy) is 2. The molecule has 1 atom stereocenters. The topological polar surface area (TPSA) is 84.9 Å². The van der Waals surface area contributed by atoms with E-state index < -0.39 is 17.7 Å². The summed E-state index contributed by atoms with van der Waals surface area (Å²) < 4.78 is 10.1. The number of methoxy groups -OCH3 is 1. The van der Waals surface area contributed by atoms with Crippen LogP contribution in [-0.2, 0) is 14.3 Å². The molecule has 1 aliphatic heterocycles.